The quantitative estimate of drug-likeness (QED) is 0.360. The maximum absolute atomic E-state index is 14.3. The first kappa shape index (κ1) is 23.6. The Balaban J connectivity index is 1.76. The van der Waals surface area contributed by atoms with Crippen LogP contribution >= 0.6 is 11.6 Å². The zero-order chi connectivity index (χ0) is 24.5. The van der Waals surface area contributed by atoms with E-state index >= 15 is 0 Å². The summed E-state index contributed by atoms with van der Waals surface area (Å²) in [4.78, 5) is 17.6. The van der Waals surface area contributed by atoms with Crippen LogP contribution in [0.3, 0.4) is 0 Å². The van der Waals surface area contributed by atoms with E-state index in [4.69, 9.17) is 11.6 Å². The summed E-state index contributed by atoms with van der Waals surface area (Å²) in [5.74, 6) is -0.934. The highest BCUT2D eigenvalue weighted by atomic mass is 35.5. The first-order valence-corrected chi connectivity index (χ1v) is 12.5. The molecule has 172 valence electrons. The van der Waals surface area contributed by atoms with Gasteiger partial charge in [0.15, 0.2) is 9.84 Å². The maximum Gasteiger partial charge on any atom is 0.256 e. The number of aromatic nitrogens is 1. The van der Waals surface area contributed by atoms with E-state index in [1.807, 2.05) is 6.07 Å². The minimum Gasteiger partial charge on any atom is -0.322 e. The standard InChI is InChI=1S/C26H20ClFN2O3S/c1-16-6-7-17(13-24(16)28)21-15-19(34(2,32)33)9-10-20(21)26(31)30-18-8-11-23(27)22(14-18)25-5-3-4-12-29-25/h3-15H,1-2H3,(H,30,31). The Hall–Kier alpha value is -3.55. The highest BCUT2D eigenvalue weighted by molar-refractivity contribution is 7.90. The van der Waals surface area contributed by atoms with Gasteiger partial charge in [-0.25, -0.2) is 12.8 Å². The second-order valence-electron chi connectivity index (χ2n) is 7.81. The molecule has 0 radical (unpaired) electrons. The molecule has 4 aromatic rings. The van der Waals surface area contributed by atoms with Crippen LogP contribution in [0.25, 0.3) is 22.4 Å². The van der Waals surface area contributed by atoms with Gasteiger partial charge in [-0.3, -0.25) is 9.78 Å². The van der Waals surface area contributed by atoms with Crippen molar-refractivity contribution < 1.29 is 17.6 Å². The van der Waals surface area contributed by atoms with Crippen molar-refractivity contribution in [3.63, 3.8) is 0 Å². The highest BCUT2D eigenvalue weighted by Crippen LogP contribution is 2.31. The Kier molecular flexibility index (Phi) is 6.50. The van der Waals surface area contributed by atoms with Crippen molar-refractivity contribution in [2.75, 3.05) is 11.6 Å². The van der Waals surface area contributed by atoms with Gasteiger partial charge in [-0.1, -0.05) is 29.8 Å². The van der Waals surface area contributed by atoms with Gasteiger partial charge < -0.3 is 5.32 Å². The summed E-state index contributed by atoms with van der Waals surface area (Å²) in [6, 6.07) is 19.1. The molecule has 0 aliphatic heterocycles. The normalized spacial score (nSPS) is 11.3. The molecule has 0 saturated carbocycles. The van der Waals surface area contributed by atoms with E-state index < -0.39 is 21.6 Å². The molecule has 0 atom stereocenters. The molecule has 0 saturated heterocycles. The van der Waals surface area contributed by atoms with E-state index in [9.17, 15) is 17.6 Å². The summed E-state index contributed by atoms with van der Waals surface area (Å²) in [5.41, 5.74) is 3.11. The van der Waals surface area contributed by atoms with Crippen LogP contribution in [0, 0.1) is 12.7 Å². The number of nitrogens with zero attached hydrogens (tertiary/aromatic N) is 1. The number of amides is 1. The van der Waals surface area contributed by atoms with E-state index in [-0.39, 0.29) is 10.5 Å². The fraction of sp³-hybridized carbons (Fsp3) is 0.0769. The fourth-order valence-electron chi connectivity index (χ4n) is 3.47. The monoisotopic (exact) mass is 494 g/mol. The average Bonchev–Trinajstić information content (AvgIpc) is 2.81. The Morgan fingerprint density at radius 2 is 1.76 bits per heavy atom. The minimum absolute atomic E-state index is 0.0314. The number of anilines is 1. The van der Waals surface area contributed by atoms with Crippen LogP contribution in [0.2, 0.25) is 5.02 Å². The van der Waals surface area contributed by atoms with Crippen molar-refractivity contribution in [1.82, 2.24) is 4.98 Å². The van der Waals surface area contributed by atoms with Gasteiger partial charge >= 0.3 is 0 Å². The number of halogens is 2. The number of rotatable bonds is 5. The lowest BCUT2D eigenvalue weighted by atomic mass is 9.98. The molecule has 0 unspecified atom stereocenters. The van der Waals surface area contributed by atoms with Gasteiger partial charge in [0.1, 0.15) is 5.82 Å². The predicted molar refractivity (Wildman–Crippen MR) is 132 cm³/mol. The van der Waals surface area contributed by atoms with E-state index in [2.05, 4.69) is 10.3 Å². The second-order valence-corrected chi connectivity index (χ2v) is 10.2. The lowest BCUT2D eigenvalue weighted by Crippen LogP contribution is -2.14. The summed E-state index contributed by atoms with van der Waals surface area (Å²) in [7, 11) is -3.54. The third-order valence-corrected chi connectivity index (χ3v) is 6.75. The van der Waals surface area contributed by atoms with Crippen molar-refractivity contribution in [3.05, 3.63) is 101 Å². The number of hydrogen-bond donors (Lipinski definition) is 1. The number of nitrogens with one attached hydrogen (secondary N) is 1. The molecular weight excluding hydrogens is 475 g/mol. The van der Waals surface area contributed by atoms with Crippen molar-refractivity contribution in [2.45, 2.75) is 11.8 Å². The van der Waals surface area contributed by atoms with E-state index in [1.165, 1.54) is 24.3 Å². The van der Waals surface area contributed by atoms with Crippen molar-refractivity contribution in [1.29, 1.82) is 0 Å². The highest BCUT2D eigenvalue weighted by Gasteiger charge is 2.18. The first-order valence-electron chi connectivity index (χ1n) is 10.3. The summed E-state index contributed by atoms with van der Waals surface area (Å²) < 4.78 is 38.5. The van der Waals surface area contributed by atoms with Crippen LogP contribution in [-0.4, -0.2) is 25.6 Å². The van der Waals surface area contributed by atoms with Gasteiger partial charge in [-0.05, 0) is 78.2 Å². The van der Waals surface area contributed by atoms with Crippen molar-refractivity contribution in [3.8, 4) is 22.4 Å². The number of carbonyl (C=O) groups excluding carboxylic acids is 1. The molecule has 8 heteroatoms. The molecule has 0 bridgehead atoms. The number of aryl methyl sites for hydroxylation is 1. The molecule has 0 aliphatic rings. The third kappa shape index (κ3) is 5.00. The van der Waals surface area contributed by atoms with E-state index in [0.29, 0.717) is 38.7 Å². The number of sulfone groups is 1. The smallest absolute Gasteiger partial charge is 0.256 e. The Morgan fingerprint density at radius 1 is 0.971 bits per heavy atom. The molecule has 4 rings (SSSR count). The van der Waals surface area contributed by atoms with Gasteiger partial charge in [-0.15, -0.1) is 0 Å². The lowest BCUT2D eigenvalue weighted by Gasteiger charge is -2.14. The average molecular weight is 495 g/mol. The van der Waals surface area contributed by atoms with Crippen molar-refractivity contribution in [2.24, 2.45) is 0 Å². The second kappa shape index (κ2) is 9.37. The van der Waals surface area contributed by atoms with Gasteiger partial charge in [-0.2, -0.15) is 0 Å². The van der Waals surface area contributed by atoms with Crippen LogP contribution in [0.4, 0.5) is 10.1 Å². The zero-order valence-electron chi connectivity index (χ0n) is 18.3. The Morgan fingerprint density at radius 3 is 2.44 bits per heavy atom. The molecule has 1 aromatic heterocycles. The van der Waals surface area contributed by atoms with E-state index in [0.717, 1.165) is 6.26 Å². The molecular formula is C26H20ClFN2O3S. The van der Waals surface area contributed by atoms with Crippen LogP contribution in [0.1, 0.15) is 15.9 Å². The molecule has 1 N–H and O–H groups in total. The van der Waals surface area contributed by atoms with Crippen LogP contribution < -0.4 is 5.32 Å². The summed E-state index contributed by atoms with van der Waals surface area (Å²) in [5, 5.41) is 3.30. The number of carbonyl (C=O) groups is 1. The molecule has 3 aromatic carbocycles. The topological polar surface area (TPSA) is 76.1 Å². The van der Waals surface area contributed by atoms with Gasteiger partial charge in [0.25, 0.3) is 5.91 Å². The van der Waals surface area contributed by atoms with Crippen LogP contribution in [0.15, 0.2) is 83.9 Å². The molecule has 1 heterocycles. The predicted octanol–water partition coefficient (Wildman–Crippen LogP) is 6.17. The maximum atomic E-state index is 14.3. The Bertz CT molecular complexity index is 1510. The lowest BCUT2D eigenvalue weighted by molar-refractivity contribution is 0.102. The molecule has 0 aliphatic carbocycles. The third-order valence-electron chi connectivity index (χ3n) is 5.31. The summed E-state index contributed by atoms with van der Waals surface area (Å²) in [6.07, 6.45) is 2.72. The first-order chi connectivity index (χ1) is 16.1. The van der Waals surface area contributed by atoms with Crippen LogP contribution in [-0.2, 0) is 9.84 Å². The number of pyridine rings is 1. The molecule has 1 amide bonds. The summed E-state index contributed by atoms with van der Waals surface area (Å²) >= 11 is 6.33. The largest absolute Gasteiger partial charge is 0.322 e. The molecule has 0 fully saturated rings. The number of benzene rings is 3. The van der Waals surface area contributed by atoms with Gasteiger partial charge in [0.05, 0.1) is 15.6 Å². The molecule has 5 nitrogen and oxygen atoms in total. The number of hydrogen-bond acceptors (Lipinski definition) is 4. The summed E-state index contributed by atoms with van der Waals surface area (Å²) in [6.45, 7) is 1.62. The van der Waals surface area contributed by atoms with Gasteiger partial charge in [0, 0.05) is 29.3 Å². The van der Waals surface area contributed by atoms with E-state index in [1.54, 1.807) is 55.6 Å². The molecule has 34 heavy (non-hydrogen) atoms. The zero-order valence-corrected chi connectivity index (χ0v) is 19.9. The van der Waals surface area contributed by atoms with Crippen LogP contribution in [0.5, 0.6) is 0 Å². The Labute approximate surface area is 202 Å². The minimum atomic E-state index is -3.54. The fourth-order valence-corrected chi connectivity index (χ4v) is 4.33. The van der Waals surface area contributed by atoms with Gasteiger partial charge in [0.2, 0.25) is 0 Å². The van der Waals surface area contributed by atoms with Crippen molar-refractivity contribution >= 4 is 33.0 Å². The molecule has 0 spiro atoms. The SMILES string of the molecule is Cc1ccc(-c2cc(S(C)(=O)=O)ccc2C(=O)Nc2ccc(Cl)c(-c3ccccn3)c2)cc1F.